The lowest BCUT2D eigenvalue weighted by Gasteiger charge is -2.34. The predicted octanol–water partition coefficient (Wildman–Crippen LogP) is 1.96. The molecular weight excluding hydrogens is 328 g/mol. The lowest BCUT2D eigenvalue weighted by Crippen LogP contribution is -2.45. The number of carbonyl (C=O) groups excluding carboxylic acids is 2. The van der Waals surface area contributed by atoms with Gasteiger partial charge in [0.25, 0.3) is 5.69 Å². The Labute approximate surface area is 144 Å². The van der Waals surface area contributed by atoms with Crippen LogP contribution in [0.4, 0.5) is 5.69 Å². The number of para-hydroxylation sites is 1. The Bertz CT molecular complexity index is 811. The molecule has 0 radical (unpaired) electrons. The maximum absolute atomic E-state index is 12.8. The van der Waals surface area contributed by atoms with Gasteiger partial charge >= 0.3 is 11.9 Å². The van der Waals surface area contributed by atoms with E-state index in [0.29, 0.717) is 11.4 Å². The second kappa shape index (κ2) is 6.76. The molecule has 8 nitrogen and oxygen atoms in total. The van der Waals surface area contributed by atoms with E-state index in [2.05, 4.69) is 5.32 Å². The molecule has 0 aromatic heterocycles. The zero-order valence-electron chi connectivity index (χ0n) is 14.3. The van der Waals surface area contributed by atoms with E-state index in [1.165, 1.54) is 31.4 Å². The van der Waals surface area contributed by atoms with Crippen LogP contribution in [0.1, 0.15) is 19.4 Å². The van der Waals surface area contributed by atoms with Gasteiger partial charge in [0.2, 0.25) is 0 Å². The molecule has 1 heterocycles. The van der Waals surface area contributed by atoms with Crippen molar-refractivity contribution in [2.24, 2.45) is 0 Å². The van der Waals surface area contributed by atoms with Crippen LogP contribution in [0.25, 0.3) is 0 Å². The van der Waals surface area contributed by atoms with Crippen molar-refractivity contribution < 1.29 is 24.0 Å². The minimum atomic E-state index is -1.79. The van der Waals surface area contributed by atoms with Crippen molar-refractivity contribution in [2.45, 2.75) is 19.3 Å². The molecule has 1 aliphatic rings. The van der Waals surface area contributed by atoms with E-state index < -0.39 is 22.3 Å². The summed E-state index contributed by atoms with van der Waals surface area (Å²) in [6.07, 6.45) is 1.44. The first kappa shape index (κ1) is 18.2. The van der Waals surface area contributed by atoms with Gasteiger partial charge in [-0.2, -0.15) is 0 Å². The summed E-state index contributed by atoms with van der Waals surface area (Å²) in [6.45, 7) is 3.28. The molecule has 8 heteroatoms. The van der Waals surface area contributed by atoms with Crippen LogP contribution in [0.2, 0.25) is 0 Å². The van der Waals surface area contributed by atoms with Crippen LogP contribution >= 0.6 is 0 Å². The fourth-order valence-electron chi connectivity index (χ4n) is 3.11. The first-order valence-corrected chi connectivity index (χ1v) is 7.38. The molecule has 25 heavy (non-hydrogen) atoms. The van der Waals surface area contributed by atoms with Gasteiger partial charge in [-0.05, 0) is 19.9 Å². The van der Waals surface area contributed by atoms with E-state index in [1.807, 2.05) is 0 Å². The maximum Gasteiger partial charge on any atom is 0.337 e. The van der Waals surface area contributed by atoms with Crippen molar-refractivity contribution in [3.05, 3.63) is 63.0 Å². The molecule has 0 saturated carbocycles. The van der Waals surface area contributed by atoms with Crippen molar-refractivity contribution in [1.29, 1.82) is 0 Å². The Morgan fingerprint density at radius 3 is 2.36 bits per heavy atom. The van der Waals surface area contributed by atoms with Crippen LogP contribution < -0.4 is 5.32 Å². The van der Waals surface area contributed by atoms with Crippen LogP contribution in [0.5, 0.6) is 0 Å². The predicted molar refractivity (Wildman–Crippen MR) is 88.4 cm³/mol. The molecule has 1 N–H and O–H groups in total. The molecule has 2 rings (SSSR count). The Morgan fingerprint density at radius 2 is 1.80 bits per heavy atom. The number of allylic oxidation sites excluding steroid dienone is 2. The molecule has 0 spiro atoms. The Balaban J connectivity index is 2.95. The first-order chi connectivity index (χ1) is 11.8. The minimum absolute atomic E-state index is 0.0347. The van der Waals surface area contributed by atoms with Gasteiger partial charge in [-0.25, -0.2) is 4.79 Å². The molecule has 1 unspecified atom stereocenters. The zero-order valence-corrected chi connectivity index (χ0v) is 14.3. The smallest absolute Gasteiger partial charge is 0.337 e. The van der Waals surface area contributed by atoms with Crippen molar-refractivity contribution in [3.8, 4) is 0 Å². The Morgan fingerprint density at radius 1 is 1.16 bits per heavy atom. The molecule has 1 aliphatic heterocycles. The fourth-order valence-corrected chi connectivity index (χ4v) is 3.11. The molecule has 0 saturated heterocycles. The highest BCUT2D eigenvalue weighted by Crippen LogP contribution is 2.44. The average Bonchev–Trinajstić information content (AvgIpc) is 2.59. The van der Waals surface area contributed by atoms with Crippen molar-refractivity contribution in [3.63, 3.8) is 0 Å². The van der Waals surface area contributed by atoms with Gasteiger partial charge in [0.05, 0.1) is 30.3 Å². The van der Waals surface area contributed by atoms with Crippen molar-refractivity contribution >= 4 is 17.6 Å². The van der Waals surface area contributed by atoms with Crippen LogP contribution in [0.15, 0.2) is 47.3 Å². The summed E-state index contributed by atoms with van der Waals surface area (Å²) < 4.78 is 9.75. The molecule has 0 bridgehead atoms. The molecular formula is C17H18N2O6. The monoisotopic (exact) mass is 346 g/mol. The Hall–Kier alpha value is -3.16. The maximum atomic E-state index is 12.8. The van der Waals surface area contributed by atoms with Crippen LogP contribution in [0.3, 0.4) is 0 Å². The van der Waals surface area contributed by atoms with E-state index in [0.717, 1.165) is 7.11 Å². The number of hydrogen-bond acceptors (Lipinski definition) is 7. The number of nitrogens with zero attached hydrogens (tertiary/aromatic N) is 1. The fraction of sp³-hybridized carbons (Fsp3) is 0.294. The summed E-state index contributed by atoms with van der Waals surface area (Å²) in [5.41, 5.74) is -1.20. The first-order valence-electron chi connectivity index (χ1n) is 7.38. The normalized spacial score (nSPS) is 19.6. The third-order valence-corrected chi connectivity index (χ3v) is 4.01. The zero-order chi connectivity index (χ0) is 18.8. The van der Waals surface area contributed by atoms with Gasteiger partial charge in [0, 0.05) is 17.5 Å². The largest absolute Gasteiger partial charge is 0.468 e. The summed E-state index contributed by atoms with van der Waals surface area (Å²) in [7, 11) is 2.34. The van der Waals surface area contributed by atoms with E-state index in [4.69, 9.17) is 9.47 Å². The number of benzene rings is 1. The van der Waals surface area contributed by atoms with Gasteiger partial charge in [0.1, 0.15) is 0 Å². The van der Waals surface area contributed by atoms with E-state index >= 15 is 0 Å². The molecule has 0 fully saturated rings. The molecule has 0 aliphatic carbocycles. The van der Waals surface area contributed by atoms with Gasteiger partial charge in [0.15, 0.2) is 5.41 Å². The average molecular weight is 346 g/mol. The standard InChI is InChI=1S/C17H18N2O6/c1-10-9-17(16(21)25-4,14(11(2)18-10)15(20)24-3)12-7-5-6-8-13(12)19(22)23/h5-9,18H,1-4H3. The van der Waals surface area contributed by atoms with E-state index in [-0.39, 0.29) is 16.8 Å². The number of rotatable bonds is 4. The quantitative estimate of drug-likeness (QED) is 0.504. The number of nitro benzene ring substituents is 1. The number of dihydropyridines is 1. The molecule has 132 valence electrons. The van der Waals surface area contributed by atoms with E-state index in [1.54, 1.807) is 19.9 Å². The van der Waals surface area contributed by atoms with Crippen molar-refractivity contribution in [1.82, 2.24) is 5.32 Å². The molecule has 1 aromatic carbocycles. The number of carbonyl (C=O) groups is 2. The lowest BCUT2D eigenvalue weighted by atomic mass is 9.70. The second-order valence-corrected chi connectivity index (χ2v) is 5.52. The molecule has 0 amide bonds. The van der Waals surface area contributed by atoms with Gasteiger partial charge in [-0.15, -0.1) is 0 Å². The summed E-state index contributed by atoms with van der Waals surface area (Å²) in [4.78, 5) is 36.2. The highest BCUT2D eigenvalue weighted by molar-refractivity contribution is 6.05. The van der Waals surface area contributed by atoms with Crippen LogP contribution in [-0.4, -0.2) is 31.1 Å². The van der Waals surface area contributed by atoms with Gasteiger partial charge in [-0.3, -0.25) is 14.9 Å². The molecule has 1 aromatic rings. The highest BCUT2D eigenvalue weighted by Gasteiger charge is 2.52. The number of hydrogen-bond donors (Lipinski definition) is 1. The minimum Gasteiger partial charge on any atom is -0.468 e. The Kier molecular flexibility index (Phi) is 4.92. The summed E-state index contributed by atoms with van der Waals surface area (Å²) in [6, 6.07) is 5.75. The van der Waals surface area contributed by atoms with Crippen LogP contribution in [0, 0.1) is 10.1 Å². The number of ether oxygens (including phenoxy) is 2. The summed E-state index contributed by atoms with van der Waals surface area (Å²) >= 11 is 0. The van der Waals surface area contributed by atoms with Crippen LogP contribution in [-0.2, 0) is 24.5 Å². The third-order valence-electron chi connectivity index (χ3n) is 4.01. The number of nitrogens with one attached hydrogen (secondary N) is 1. The third kappa shape index (κ3) is 2.86. The number of methoxy groups -OCH3 is 2. The second-order valence-electron chi connectivity index (χ2n) is 5.52. The highest BCUT2D eigenvalue weighted by atomic mass is 16.6. The summed E-state index contributed by atoms with van der Waals surface area (Å²) in [5.74, 6) is -1.60. The topological polar surface area (TPSA) is 108 Å². The number of nitro groups is 1. The van der Waals surface area contributed by atoms with Gasteiger partial charge < -0.3 is 14.8 Å². The summed E-state index contributed by atoms with van der Waals surface area (Å²) in [5, 5.41) is 14.5. The van der Waals surface area contributed by atoms with E-state index in [9.17, 15) is 19.7 Å². The van der Waals surface area contributed by atoms with Gasteiger partial charge in [-0.1, -0.05) is 18.2 Å². The lowest BCUT2D eigenvalue weighted by molar-refractivity contribution is -0.385. The molecule has 1 atom stereocenters. The van der Waals surface area contributed by atoms with Crippen molar-refractivity contribution in [2.75, 3.05) is 14.2 Å². The SMILES string of the molecule is COC(=O)C1=C(C)NC(C)=CC1(C(=O)OC)c1ccccc1[N+](=O)[O-]. The number of esters is 2.